The van der Waals surface area contributed by atoms with E-state index < -0.39 is 0 Å². The first-order chi connectivity index (χ1) is 10.6. The number of hydrogen-bond acceptors (Lipinski definition) is 7. The van der Waals surface area contributed by atoms with Crippen molar-refractivity contribution >= 4 is 35.1 Å². The van der Waals surface area contributed by atoms with Crippen LogP contribution in [0.2, 0.25) is 0 Å². The lowest BCUT2D eigenvalue weighted by Gasteiger charge is -2.08. The van der Waals surface area contributed by atoms with E-state index in [9.17, 15) is 4.79 Å². The van der Waals surface area contributed by atoms with Crippen LogP contribution in [0.1, 0.15) is 6.92 Å². The zero-order valence-electron chi connectivity index (χ0n) is 12.1. The van der Waals surface area contributed by atoms with Gasteiger partial charge < -0.3 is 5.32 Å². The summed E-state index contributed by atoms with van der Waals surface area (Å²) >= 11 is 2.73. The average Bonchev–Trinajstić information content (AvgIpc) is 2.95. The first-order valence-corrected chi connectivity index (χ1v) is 8.65. The molecule has 0 spiro atoms. The number of nitriles is 1. The molecular formula is C13H14N6OS2. The van der Waals surface area contributed by atoms with Crippen LogP contribution in [0.5, 0.6) is 0 Å². The number of tetrazole rings is 1. The molecule has 0 aliphatic heterocycles. The van der Waals surface area contributed by atoms with Gasteiger partial charge >= 0.3 is 0 Å². The lowest BCUT2D eigenvalue weighted by Crippen LogP contribution is -2.14. The summed E-state index contributed by atoms with van der Waals surface area (Å²) in [6, 6.07) is 9.37. The Labute approximate surface area is 136 Å². The third kappa shape index (κ3) is 4.22. The van der Waals surface area contributed by atoms with Crippen molar-refractivity contribution in [2.75, 3.05) is 17.3 Å². The quantitative estimate of drug-likeness (QED) is 0.807. The number of nitrogens with zero attached hydrogens (tertiary/aromatic N) is 5. The van der Waals surface area contributed by atoms with E-state index in [1.165, 1.54) is 23.5 Å². The Balaban J connectivity index is 2.22. The van der Waals surface area contributed by atoms with E-state index in [1.807, 2.05) is 18.4 Å². The number of hydrogen-bond donors (Lipinski definition) is 1. The number of anilines is 1. The molecule has 2 aromatic rings. The zero-order valence-corrected chi connectivity index (χ0v) is 13.7. The monoisotopic (exact) mass is 334 g/mol. The highest BCUT2D eigenvalue weighted by Crippen LogP contribution is 2.23. The topological polar surface area (TPSA) is 96.5 Å². The Kier molecular flexibility index (Phi) is 5.80. The van der Waals surface area contributed by atoms with Crippen molar-refractivity contribution in [3.63, 3.8) is 0 Å². The molecule has 0 aliphatic carbocycles. The lowest BCUT2D eigenvalue weighted by molar-refractivity contribution is -0.113. The van der Waals surface area contributed by atoms with Crippen LogP contribution in [-0.4, -0.2) is 43.4 Å². The van der Waals surface area contributed by atoms with Gasteiger partial charge in [0.1, 0.15) is 0 Å². The second-order valence-electron chi connectivity index (χ2n) is 4.29. The summed E-state index contributed by atoms with van der Waals surface area (Å²) < 4.78 is 1.54. The Hall–Kier alpha value is -2.05. The van der Waals surface area contributed by atoms with Crippen molar-refractivity contribution in [3.8, 4) is 11.8 Å². The van der Waals surface area contributed by atoms with Crippen LogP contribution in [-0.2, 0) is 4.79 Å². The third-order valence-corrected chi connectivity index (χ3v) is 4.03. The van der Waals surface area contributed by atoms with Crippen LogP contribution in [0.25, 0.3) is 5.69 Å². The fourth-order valence-corrected chi connectivity index (χ4v) is 2.67. The standard InChI is InChI=1S/C13H14N6OS2/c1-9(7-14)22-13-16-17-18-19(13)11-5-3-4-10(6-11)15-12(20)8-21-2/h3-6,9H,8H2,1-2H3,(H,15,20). The average molecular weight is 334 g/mol. The van der Waals surface area contributed by atoms with Gasteiger partial charge in [0.15, 0.2) is 0 Å². The SMILES string of the molecule is CSCC(=O)Nc1cccc(-n2nnnc2SC(C)C#N)c1. The molecule has 114 valence electrons. The van der Waals surface area contributed by atoms with Gasteiger partial charge in [-0.25, -0.2) is 0 Å². The second kappa shape index (κ2) is 7.82. The number of thioether (sulfide) groups is 2. The minimum atomic E-state index is -0.255. The maximum absolute atomic E-state index is 11.6. The van der Waals surface area contributed by atoms with Crippen molar-refractivity contribution in [2.45, 2.75) is 17.3 Å². The van der Waals surface area contributed by atoms with Gasteiger partial charge in [0.2, 0.25) is 11.1 Å². The van der Waals surface area contributed by atoms with Gasteiger partial charge in [0.05, 0.1) is 22.8 Å². The number of carbonyl (C=O) groups is 1. The maximum atomic E-state index is 11.6. The van der Waals surface area contributed by atoms with Crippen molar-refractivity contribution in [1.29, 1.82) is 5.26 Å². The molecule has 7 nitrogen and oxygen atoms in total. The van der Waals surface area contributed by atoms with Crippen LogP contribution in [0.3, 0.4) is 0 Å². The molecule has 0 aliphatic rings. The highest BCUT2D eigenvalue weighted by molar-refractivity contribution is 8.00. The predicted molar refractivity (Wildman–Crippen MR) is 87.1 cm³/mol. The molecular weight excluding hydrogens is 320 g/mol. The molecule has 1 amide bonds. The Morgan fingerprint density at radius 1 is 1.55 bits per heavy atom. The third-order valence-electron chi connectivity index (χ3n) is 2.55. The molecule has 1 N–H and O–H groups in total. The van der Waals surface area contributed by atoms with E-state index in [1.54, 1.807) is 23.7 Å². The number of aromatic nitrogens is 4. The molecule has 22 heavy (non-hydrogen) atoms. The number of nitrogens with one attached hydrogen (secondary N) is 1. The van der Waals surface area contributed by atoms with E-state index in [2.05, 4.69) is 26.9 Å². The molecule has 1 aromatic heterocycles. The van der Waals surface area contributed by atoms with Gasteiger partial charge in [-0.2, -0.15) is 21.7 Å². The molecule has 0 saturated carbocycles. The number of amides is 1. The fourth-order valence-electron chi connectivity index (χ4n) is 1.64. The Morgan fingerprint density at radius 2 is 2.36 bits per heavy atom. The van der Waals surface area contributed by atoms with Crippen LogP contribution >= 0.6 is 23.5 Å². The molecule has 0 saturated heterocycles. The fraction of sp³-hybridized carbons (Fsp3) is 0.308. The molecule has 1 unspecified atom stereocenters. The molecule has 2 rings (SSSR count). The lowest BCUT2D eigenvalue weighted by atomic mass is 10.3. The maximum Gasteiger partial charge on any atom is 0.234 e. The summed E-state index contributed by atoms with van der Waals surface area (Å²) in [5.41, 5.74) is 1.40. The first kappa shape index (κ1) is 16.3. The van der Waals surface area contributed by atoms with Gasteiger partial charge in [0.25, 0.3) is 0 Å². The molecule has 1 atom stereocenters. The first-order valence-electron chi connectivity index (χ1n) is 6.38. The van der Waals surface area contributed by atoms with Crippen LogP contribution in [0, 0.1) is 11.3 Å². The summed E-state index contributed by atoms with van der Waals surface area (Å²) in [5.74, 6) is 0.338. The van der Waals surface area contributed by atoms with E-state index >= 15 is 0 Å². The van der Waals surface area contributed by atoms with E-state index in [0.717, 1.165) is 5.69 Å². The Bertz CT molecular complexity index is 696. The molecule has 0 radical (unpaired) electrons. The largest absolute Gasteiger partial charge is 0.325 e. The molecule has 1 aromatic carbocycles. The van der Waals surface area contributed by atoms with Gasteiger partial charge in [-0.3, -0.25) is 4.79 Å². The molecule has 0 bridgehead atoms. The summed E-state index contributed by atoms with van der Waals surface area (Å²) in [6.45, 7) is 1.78. The minimum absolute atomic E-state index is 0.0610. The zero-order chi connectivity index (χ0) is 15.9. The van der Waals surface area contributed by atoms with Crippen molar-refractivity contribution in [2.24, 2.45) is 0 Å². The highest BCUT2D eigenvalue weighted by atomic mass is 32.2. The smallest absolute Gasteiger partial charge is 0.234 e. The minimum Gasteiger partial charge on any atom is -0.325 e. The number of benzene rings is 1. The van der Waals surface area contributed by atoms with Gasteiger partial charge in [-0.15, -0.1) is 5.10 Å². The van der Waals surface area contributed by atoms with E-state index in [4.69, 9.17) is 5.26 Å². The second-order valence-corrected chi connectivity index (χ2v) is 6.47. The van der Waals surface area contributed by atoms with Crippen LogP contribution < -0.4 is 5.32 Å². The normalized spacial score (nSPS) is 11.7. The summed E-state index contributed by atoms with van der Waals surface area (Å²) in [7, 11) is 0. The predicted octanol–water partition coefficient (Wildman–Crippen LogP) is 1.97. The van der Waals surface area contributed by atoms with Crippen molar-refractivity contribution in [1.82, 2.24) is 20.2 Å². The van der Waals surface area contributed by atoms with Crippen LogP contribution in [0.4, 0.5) is 5.69 Å². The number of carbonyl (C=O) groups excluding carboxylic acids is 1. The van der Waals surface area contributed by atoms with Crippen LogP contribution in [0.15, 0.2) is 29.4 Å². The van der Waals surface area contributed by atoms with E-state index in [-0.39, 0.29) is 11.2 Å². The molecule has 0 fully saturated rings. The van der Waals surface area contributed by atoms with Crippen molar-refractivity contribution in [3.05, 3.63) is 24.3 Å². The van der Waals surface area contributed by atoms with Crippen molar-refractivity contribution < 1.29 is 4.79 Å². The highest BCUT2D eigenvalue weighted by Gasteiger charge is 2.13. The summed E-state index contributed by atoms with van der Waals surface area (Å²) in [5, 5.41) is 23.5. The Morgan fingerprint density at radius 3 is 3.09 bits per heavy atom. The van der Waals surface area contributed by atoms with Gasteiger partial charge in [-0.1, -0.05) is 17.8 Å². The summed E-state index contributed by atoms with van der Waals surface area (Å²) in [4.78, 5) is 11.6. The number of rotatable bonds is 6. The van der Waals surface area contributed by atoms with Gasteiger partial charge in [-0.05, 0) is 41.8 Å². The summed E-state index contributed by atoms with van der Waals surface area (Å²) in [6.07, 6.45) is 1.87. The molecule has 1 heterocycles. The van der Waals surface area contributed by atoms with Gasteiger partial charge in [0, 0.05) is 5.69 Å². The van der Waals surface area contributed by atoms with E-state index in [0.29, 0.717) is 16.6 Å². The molecule has 9 heteroatoms.